The molecule has 22 heavy (non-hydrogen) atoms. The molecule has 1 aromatic carbocycles. The van der Waals surface area contributed by atoms with Gasteiger partial charge in [-0.25, -0.2) is 0 Å². The maximum Gasteiger partial charge on any atom is 0.269 e. The van der Waals surface area contributed by atoms with Crippen molar-refractivity contribution in [2.45, 2.75) is 12.5 Å². The zero-order chi connectivity index (χ0) is 15.7. The van der Waals surface area contributed by atoms with Crippen molar-refractivity contribution < 1.29 is 4.92 Å². The number of benzene rings is 1. The van der Waals surface area contributed by atoms with Gasteiger partial charge < -0.3 is 16.4 Å². The van der Waals surface area contributed by atoms with E-state index < -0.39 is 0 Å². The van der Waals surface area contributed by atoms with Crippen molar-refractivity contribution in [3.05, 3.63) is 51.7 Å². The highest BCUT2D eigenvalue weighted by Gasteiger charge is 2.24. The SMILES string of the molecule is NCC(N)c1ccc(N2CCc3cc([N+](=O)[O-])ccc32)nn1. The maximum absolute atomic E-state index is 10.8. The third-order valence-corrected chi connectivity index (χ3v) is 3.75. The molecule has 1 atom stereocenters. The van der Waals surface area contributed by atoms with E-state index in [1.165, 1.54) is 6.07 Å². The van der Waals surface area contributed by atoms with Gasteiger partial charge in [-0.05, 0) is 30.2 Å². The van der Waals surface area contributed by atoms with Gasteiger partial charge in [-0.2, -0.15) is 5.10 Å². The van der Waals surface area contributed by atoms with Gasteiger partial charge in [-0.1, -0.05) is 0 Å². The summed E-state index contributed by atoms with van der Waals surface area (Å²) in [6, 6.07) is 8.19. The van der Waals surface area contributed by atoms with Crippen LogP contribution >= 0.6 is 0 Å². The second-order valence-corrected chi connectivity index (χ2v) is 5.13. The van der Waals surface area contributed by atoms with E-state index in [4.69, 9.17) is 11.5 Å². The van der Waals surface area contributed by atoms with Crippen molar-refractivity contribution in [1.82, 2.24) is 10.2 Å². The van der Waals surface area contributed by atoms with E-state index in [9.17, 15) is 10.1 Å². The Labute approximate surface area is 126 Å². The minimum absolute atomic E-state index is 0.107. The lowest BCUT2D eigenvalue weighted by Crippen LogP contribution is -2.23. The van der Waals surface area contributed by atoms with Gasteiger partial charge in [0.25, 0.3) is 5.69 Å². The van der Waals surface area contributed by atoms with Crippen molar-refractivity contribution >= 4 is 17.2 Å². The summed E-state index contributed by atoms with van der Waals surface area (Å²) in [6.45, 7) is 1.03. The molecule has 3 rings (SSSR count). The monoisotopic (exact) mass is 300 g/mol. The number of rotatable bonds is 4. The molecule has 2 aromatic rings. The van der Waals surface area contributed by atoms with Crippen LogP contribution < -0.4 is 16.4 Å². The summed E-state index contributed by atoms with van der Waals surface area (Å²) in [7, 11) is 0. The Kier molecular flexibility index (Phi) is 3.70. The van der Waals surface area contributed by atoms with Crippen LogP contribution in [0.5, 0.6) is 0 Å². The van der Waals surface area contributed by atoms with E-state index in [1.807, 2.05) is 17.0 Å². The number of aromatic nitrogens is 2. The summed E-state index contributed by atoms with van der Waals surface area (Å²) >= 11 is 0. The first-order valence-electron chi connectivity index (χ1n) is 6.94. The molecule has 1 aliphatic rings. The molecule has 0 aliphatic carbocycles. The lowest BCUT2D eigenvalue weighted by Gasteiger charge is -2.18. The van der Waals surface area contributed by atoms with Crippen LogP contribution in [-0.2, 0) is 6.42 Å². The Morgan fingerprint density at radius 1 is 1.32 bits per heavy atom. The summed E-state index contributed by atoms with van der Waals surface area (Å²) in [5.41, 5.74) is 13.9. The molecule has 0 radical (unpaired) electrons. The van der Waals surface area contributed by atoms with Crippen molar-refractivity contribution in [2.24, 2.45) is 11.5 Å². The third kappa shape index (κ3) is 2.49. The van der Waals surface area contributed by atoms with Crippen molar-refractivity contribution in [2.75, 3.05) is 18.0 Å². The van der Waals surface area contributed by atoms with E-state index >= 15 is 0 Å². The van der Waals surface area contributed by atoms with Gasteiger partial charge in [0.1, 0.15) is 0 Å². The van der Waals surface area contributed by atoms with Gasteiger partial charge in [0.2, 0.25) is 0 Å². The van der Waals surface area contributed by atoms with Crippen LogP contribution in [0.1, 0.15) is 17.3 Å². The molecule has 8 heteroatoms. The molecule has 0 saturated carbocycles. The highest BCUT2D eigenvalue weighted by Crippen LogP contribution is 2.35. The normalized spacial score (nSPS) is 14.7. The molecule has 0 fully saturated rings. The molecule has 2 heterocycles. The standard InChI is InChI=1S/C14H16N6O2/c15-8-11(16)12-2-4-14(18-17-12)19-6-5-9-7-10(20(21)22)1-3-13(9)19/h1-4,7,11H,5-6,8,15-16H2. The molecule has 4 N–H and O–H groups in total. The predicted octanol–water partition coefficient (Wildman–Crippen LogP) is 1.04. The van der Waals surface area contributed by atoms with Crippen LogP contribution in [0.3, 0.4) is 0 Å². The number of nitrogens with two attached hydrogens (primary N) is 2. The Balaban J connectivity index is 1.88. The van der Waals surface area contributed by atoms with Crippen LogP contribution in [0.15, 0.2) is 30.3 Å². The van der Waals surface area contributed by atoms with Crippen molar-refractivity contribution in [3.63, 3.8) is 0 Å². The van der Waals surface area contributed by atoms with Gasteiger partial charge >= 0.3 is 0 Å². The Morgan fingerprint density at radius 2 is 2.14 bits per heavy atom. The molecule has 0 saturated heterocycles. The molecule has 0 amide bonds. The van der Waals surface area contributed by atoms with Crippen LogP contribution in [0.2, 0.25) is 0 Å². The molecular weight excluding hydrogens is 284 g/mol. The van der Waals surface area contributed by atoms with E-state index in [-0.39, 0.29) is 16.7 Å². The topological polar surface area (TPSA) is 124 Å². The van der Waals surface area contributed by atoms with E-state index in [0.717, 1.165) is 17.7 Å². The first-order valence-corrected chi connectivity index (χ1v) is 6.94. The number of non-ortho nitro benzene ring substituents is 1. The summed E-state index contributed by atoms with van der Waals surface area (Å²) in [5.74, 6) is 0.695. The second-order valence-electron chi connectivity index (χ2n) is 5.13. The highest BCUT2D eigenvalue weighted by molar-refractivity contribution is 5.69. The summed E-state index contributed by atoms with van der Waals surface area (Å²) < 4.78 is 0. The molecule has 1 unspecified atom stereocenters. The van der Waals surface area contributed by atoms with E-state index in [1.54, 1.807) is 12.1 Å². The average molecular weight is 300 g/mol. The zero-order valence-corrected chi connectivity index (χ0v) is 11.8. The van der Waals surface area contributed by atoms with Crippen LogP contribution in [-0.4, -0.2) is 28.2 Å². The molecule has 0 spiro atoms. The van der Waals surface area contributed by atoms with Gasteiger partial charge in [0, 0.05) is 30.9 Å². The van der Waals surface area contributed by atoms with E-state index in [0.29, 0.717) is 24.6 Å². The second kappa shape index (κ2) is 5.66. The van der Waals surface area contributed by atoms with E-state index in [2.05, 4.69) is 10.2 Å². The predicted molar refractivity (Wildman–Crippen MR) is 81.8 cm³/mol. The number of nitro benzene ring substituents is 1. The lowest BCUT2D eigenvalue weighted by atomic mass is 10.1. The van der Waals surface area contributed by atoms with Gasteiger partial charge in [0.05, 0.1) is 16.7 Å². The fraction of sp³-hybridized carbons (Fsp3) is 0.286. The van der Waals surface area contributed by atoms with Crippen LogP contribution in [0.4, 0.5) is 17.2 Å². The first-order chi connectivity index (χ1) is 10.6. The molecule has 1 aromatic heterocycles. The van der Waals surface area contributed by atoms with Crippen LogP contribution in [0.25, 0.3) is 0 Å². The number of fused-ring (bicyclic) bond motifs is 1. The Morgan fingerprint density at radius 3 is 2.77 bits per heavy atom. The smallest absolute Gasteiger partial charge is 0.269 e. The Hall–Kier alpha value is -2.58. The van der Waals surface area contributed by atoms with Gasteiger partial charge in [0.15, 0.2) is 5.82 Å². The molecule has 8 nitrogen and oxygen atoms in total. The minimum atomic E-state index is -0.383. The minimum Gasteiger partial charge on any atom is -0.329 e. The Bertz CT molecular complexity index is 703. The first kappa shape index (κ1) is 14.4. The third-order valence-electron chi connectivity index (χ3n) is 3.75. The molecule has 114 valence electrons. The largest absolute Gasteiger partial charge is 0.329 e. The maximum atomic E-state index is 10.8. The summed E-state index contributed by atoms with van der Waals surface area (Å²) in [5, 5.41) is 19.1. The zero-order valence-electron chi connectivity index (χ0n) is 11.8. The quantitative estimate of drug-likeness (QED) is 0.638. The number of hydrogen-bond donors (Lipinski definition) is 2. The molecular formula is C14H16N6O2. The number of nitro groups is 1. The molecule has 0 bridgehead atoms. The van der Waals surface area contributed by atoms with Gasteiger partial charge in [-0.15, -0.1) is 5.10 Å². The molecule has 1 aliphatic heterocycles. The average Bonchev–Trinajstić information content (AvgIpc) is 2.97. The highest BCUT2D eigenvalue weighted by atomic mass is 16.6. The lowest BCUT2D eigenvalue weighted by molar-refractivity contribution is -0.384. The fourth-order valence-electron chi connectivity index (χ4n) is 2.54. The van der Waals surface area contributed by atoms with Crippen LogP contribution in [0, 0.1) is 10.1 Å². The summed E-state index contributed by atoms with van der Waals surface area (Å²) in [4.78, 5) is 12.4. The number of nitrogens with zero attached hydrogens (tertiary/aromatic N) is 4. The number of anilines is 2. The fourth-order valence-corrected chi connectivity index (χ4v) is 2.54. The summed E-state index contributed by atoms with van der Waals surface area (Å²) in [6.07, 6.45) is 0.739. The van der Waals surface area contributed by atoms with Crippen molar-refractivity contribution in [3.8, 4) is 0 Å². The number of hydrogen-bond acceptors (Lipinski definition) is 7. The van der Waals surface area contributed by atoms with Crippen molar-refractivity contribution in [1.29, 1.82) is 0 Å². The van der Waals surface area contributed by atoms with Gasteiger partial charge in [-0.3, -0.25) is 10.1 Å².